The summed E-state index contributed by atoms with van der Waals surface area (Å²) in [5.41, 5.74) is 5.47. The lowest BCUT2D eigenvalue weighted by Crippen LogP contribution is -2.59. The summed E-state index contributed by atoms with van der Waals surface area (Å²) >= 11 is 0. The molecule has 2 aromatic rings. The van der Waals surface area contributed by atoms with Crippen LogP contribution < -0.4 is 5.73 Å². The SMILES string of the molecule is C[C@]1(C(N)=O)CCCCN1C(=O)c1cnc2ccc(F)cc2c1. The highest BCUT2D eigenvalue weighted by Gasteiger charge is 2.42. The van der Waals surface area contributed by atoms with E-state index in [-0.39, 0.29) is 11.7 Å². The largest absolute Gasteiger partial charge is 0.368 e. The fourth-order valence-corrected chi connectivity index (χ4v) is 3.08. The van der Waals surface area contributed by atoms with Crippen LogP contribution in [0.25, 0.3) is 10.9 Å². The maximum atomic E-state index is 13.4. The molecule has 1 aliphatic heterocycles. The number of benzene rings is 1. The molecule has 0 bridgehead atoms. The van der Waals surface area contributed by atoms with Crippen LogP contribution in [-0.4, -0.2) is 33.8 Å². The number of nitrogens with zero attached hydrogens (tertiary/aromatic N) is 2. The molecule has 1 aromatic carbocycles. The number of primary amides is 1. The zero-order chi connectivity index (χ0) is 16.6. The van der Waals surface area contributed by atoms with Gasteiger partial charge in [-0.2, -0.15) is 0 Å². The van der Waals surface area contributed by atoms with Gasteiger partial charge in [0, 0.05) is 18.1 Å². The highest BCUT2D eigenvalue weighted by atomic mass is 19.1. The number of halogens is 1. The first-order valence-electron chi connectivity index (χ1n) is 7.59. The second kappa shape index (κ2) is 5.61. The van der Waals surface area contributed by atoms with Crippen molar-refractivity contribution in [1.82, 2.24) is 9.88 Å². The summed E-state index contributed by atoms with van der Waals surface area (Å²) in [5.74, 6) is -1.20. The highest BCUT2D eigenvalue weighted by Crippen LogP contribution is 2.29. The van der Waals surface area contributed by atoms with Gasteiger partial charge in [-0.05, 0) is 50.5 Å². The van der Waals surface area contributed by atoms with Gasteiger partial charge in [-0.1, -0.05) is 0 Å². The van der Waals surface area contributed by atoms with Crippen molar-refractivity contribution in [3.63, 3.8) is 0 Å². The van der Waals surface area contributed by atoms with E-state index in [2.05, 4.69) is 4.98 Å². The maximum absolute atomic E-state index is 13.4. The lowest BCUT2D eigenvalue weighted by molar-refractivity contribution is -0.129. The van der Waals surface area contributed by atoms with Gasteiger partial charge in [-0.3, -0.25) is 14.6 Å². The van der Waals surface area contributed by atoms with E-state index >= 15 is 0 Å². The van der Waals surface area contributed by atoms with E-state index < -0.39 is 11.4 Å². The molecule has 1 atom stereocenters. The number of likely N-dealkylation sites (tertiary alicyclic amines) is 1. The van der Waals surface area contributed by atoms with Gasteiger partial charge in [0.15, 0.2) is 0 Å². The molecule has 0 unspecified atom stereocenters. The topological polar surface area (TPSA) is 76.3 Å². The Bertz CT molecular complexity index is 793. The van der Waals surface area contributed by atoms with Crippen LogP contribution in [0.15, 0.2) is 30.5 Å². The normalized spacial score (nSPS) is 21.4. The third kappa shape index (κ3) is 2.65. The van der Waals surface area contributed by atoms with E-state index in [1.165, 1.54) is 23.2 Å². The first kappa shape index (κ1) is 15.4. The number of pyridine rings is 1. The summed E-state index contributed by atoms with van der Waals surface area (Å²) in [6.07, 6.45) is 3.68. The standard InChI is InChI=1S/C17H18FN3O2/c1-17(16(19)23)6-2-3-7-21(17)15(22)12-8-11-9-13(18)4-5-14(11)20-10-12/h4-5,8-10H,2-3,6-7H2,1H3,(H2,19,23)/t17-/m1/s1. The van der Waals surface area contributed by atoms with Gasteiger partial charge in [-0.25, -0.2) is 4.39 Å². The van der Waals surface area contributed by atoms with E-state index in [9.17, 15) is 14.0 Å². The van der Waals surface area contributed by atoms with Crippen molar-refractivity contribution in [3.05, 3.63) is 41.8 Å². The molecular weight excluding hydrogens is 297 g/mol. The molecule has 0 spiro atoms. The number of piperidine rings is 1. The average Bonchev–Trinajstić information content (AvgIpc) is 2.53. The number of fused-ring (bicyclic) bond motifs is 1. The van der Waals surface area contributed by atoms with Crippen LogP contribution in [0.4, 0.5) is 4.39 Å². The Kier molecular flexibility index (Phi) is 3.75. The van der Waals surface area contributed by atoms with Crippen LogP contribution in [0.1, 0.15) is 36.5 Å². The van der Waals surface area contributed by atoms with E-state index in [0.29, 0.717) is 29.4 Å². The Morgan fingerprint density at radius 3 is 2.83 bits per heavy atom. The molecule has 2 amide bonds. The minimum atomic E-state index is -0.994. The van der Waals surface area contributed by atoms with Crippen molar-refractivity contribution in [3.8, 4) is 0 Å². The monoisotopic (exact) mass is 315 g/mol. The molecule has 3 rings (SSSR count). The molecule has 1 fully saturated rings. The number of carbonyl (C=O) groups excluding carboxylic acids is 2. The number of hydrogen-bond acceptors (Lipinski definition) is 3. The minimum Gasteiger partial charge on any atom is -0.368 e. The average molecular weight is 315 g/mol. The lowest BCUT2D eigenvalue weighted by Gasteiger charge is -2.42. The fraction of sp³-hybridized carbons (Fsp3) is 0.353. The van der Waals surface area contributed by atoms with Crippen LogP contribution in [0.3, 0.4) is 0 Å². The third-order valence-corrected chi connectivity index (χ3v) is 4.56. The lowest BCUT2D eigenvalue weighted by atomic mass is 9.87. The fourth-order valence-electron chi connectivity index (χ4n) is 3.08. The molecule has 5 nitrogen and oxygen atoms in total. The predicted molar refractivity (Wildman–Crippen MR) is 84.2 cm³/mol. The first-order chi connectivity index (χ1) is 10.9. The maximum Gasteiger partial charge on any atom is 0.256 e. The summed E-state index contributed by atoms with van der Waals surface area (Å²) in [5, 5.41) is 0.550. The van der Waals surface area contributed by atoms with Crippen molar-refractivity contribution >= 4 is 22.7 Å². The van der Waals surface area contributed by atoms with Gasteiger partial charge in [0.05, 0.1) is 11.1 Å². The van der Waals surface area contributed by atoms with E-state index in [4.69, 9.17) is 5.73 Å². The Hall–Kier alpha value is -2.50. The molecule has 0 radical (unpaired) electrons. The quantitative estimate of drug-likeness (QED) is 0.923. The number of hydrogen-bond donors (Lipinski definition) is 1. The van der Waals surface area contributed by atoms with Crippen LogP contribution in [0.2, 0.25) is 0 Å². The second-order valence-corrected chi connectivity index (χ2v) is 6.11. The van der Waals surface area contributed by atoms with Crippen molar-refractivity contribution in [2.75, 3.05) is 6.54 Å². The minimum absolute atomic E-state index is 0.301. The van der Waals surface area contributed by atoms with Crippen LogP contribution >= 0.6 is 0 Å². The number of amides is 2. The van der Waals surface area contributed by atoms with E-state index in [0.717, 1.165) is 12.8 Å². The molecule has 1 aliphatic rings. The van der Waals surface area contributed by atoms with Gasteiger partial charge >= 0.3 is 0 Å². The van der Waals surface area contributed by atoms with Crippen LogP contribution in [0.5, 0.6) is 0 Å². The molecule has 0 saturated carbocycles. The molecule has 120 valence electrons. The number of aromatic nitrogens is 1. The summed E-state index contributed by atoms with van der Waals surface area (Å²) in [6.45, 7) is 2.17. The van der Waals surface area contributed by atoms with Crippen molar-refractivity contribution in [2.45, 2.75) is 31.7 Å². The summed E-state index contributed by atoms with van der Waals surface area (Å²) in [7, 11) is 0. The summed E-state index contributed by atoms with van der Waals surface area (Å²) in [4.78, 5) is 30.4. The Morgan fingerprint density at radius 2 is 2.09 bits per heavy atom. The zero-order valence-electron chi connectivity index (χ0n) is 12.9. The van der Waals surface area contributed by atoms with Gasteiger partial charge in [0.1, 0.15) is 11.4 Å². The second-order valence-electron chi connectivity index (χ2n) is 6.11. The van der Waals surface area contributed by atoms with Gasteiger partial charge in [0.25, 0.3) is 5.91 Å². The van der Waals surface area contributed by atoms with Gasteiger partial charge in [0.2, 0.25) is 5.91 Å². The Labute approximate surface area is 133 Å². The van der Waals surface area contributed by atoms with Crippen LogP contribution in [-0.2, 0) is 4.79 Å². The molecule has 1 saturated heterocycles. The van der Waals surface area contributed by atoms with Gasteiger partial charge in [-0.15, -0.1) is 0 Å². The van der Waals surface area contributed by atoms with E-state index in [1.54, 1.807) is 19.1 Å². The summed E-state index contributed by atoms with van der Waals surface area (Å²) < 4.78 is 13.4. The number of nitrogens with two attached hydrogens (primary N) is 1. The van der Waals surface area contributed by atoms with Crippen molar-refractivity contribution in [2.24, 2.45) is 5.73 Å². The smallest absolute Gasteiger partial charge is 0.256 e. The Morgan fingerprint density at radius 1 is 1.30 bits per heavy atom. The molecule has 2 heterocycles. The summed E-state index contributed by atoms with van der Waals surface area (Å²) in [6, 6.07) is 5.82. The molecule has 0 aliphatic carbocycles. The molecule has 2 N–H and O–H groups in total. The first-order valence-corrected chi connectivity index (χ1v) is 7.59. The van der Waals surface area contributed by atoms with Crippen molar-refractivity contribution in [1.29, 1.82) is 0 Å². The highest BCUT2D eigenvalue weighted by molar-refractivity contribution is 6.00. The number of carbonyl (C=O) groups is 2. The Balaban J connectivity index is 2.00. The molecule has 1 aromatic heterocycles. The predicted octanol–water partition coefficient (Wildman–Crippen LogP) is 2.24. The molecule has 23 heavy (non-hydrogen) atoms. The third-order valence-electron chi connectivity index (χ3n) is 4.56. The number of rotatable bonds is 2. The molecule has 6 heteroatoms. The molecular formula is C17H18FN3O2. The van der Waals surface area contributed by atoms with Gasteiger partial charge < -0.3 is 10.6 Å². The van der Waals surface area contributed by atoms with Crippen molar-refractivity contribution < 1.29 is 14.0 Å². The zero-order valence-corrected chi connectivity index (χ0v) is 12.9. The van der Waals surface area contributed by atoms with E-state index in [1.807, 2.05) is 0 Å². The van der Waals surface area contributed by atoms with Crippen LogP contribution in [0, 0.1) is 5.82 Å².